The summed E-state index contributed by atoms with van der Waals surface area (Å²) in [5, 5.41) is 13.4. The Labute approximate surface area is 119 Å². The monoisotopic (exact) mass is 273 g/mol. The Morgan fingerprint density at radius 3 is 2.30 bits per heavy atom. The van der Waals surface area contributed by atoms with E-state index in [1.807, 2.05) is 26.0 Å². The molecule has 0 saturated carbocycles. The summed E-state index contributed by atoms with van der Waals surface area (Å²) in [6.45, 7) is 6.17. The number of rotatable bonds is 4. The maximum Gasteiger partial charge on any atom is 0.126 e. The number of aryl methyl sites for hydroxylation is 3. The first-order valence-electron chi connectivity index (χ1n) is 6.72. The summed E-state index contributed by atoms with van der Waals surface area (Å²) in [5.74, 6) is -0.247. The van der Waals surface area contributed by atoms with Crippen LogP contribution in [0.4, 0.5) is 10.1 Å². The summed E-state index contributed by atoms with van der Waals surface area (Å²) < 4.78 is 13.2. The van der Waals surface area contributed by atoms with Crippen LogP contribution in [0.2, 0.25) is 0 Å². The van der Waals surface area contributed by atoms with Crippen molar-refractivity contribution < 1.29 is 9.50 Å². The smallest absolute Gasteiger partial charge is 0.126 e. The topological polar surface area (TPSA) is 32.3 Å². The lowest BCUT2D eigenvalue weighted by Crippen LogP contribution is -2.12. The summed E-state index contributed by atoms with van der Waals surface area (Å²) in [6.07, 6.45) is -0.657. The van der Waals surface area contributed by atoms with Crippen molar-refractivity contribution in [3.63, 3.8) is 0 Å². The Hall–Kier alpha value is -1.87. The van der Waals surface area contributed by atoms with E-state index >= 15 is 0 Å². The molecule has 0 radical (unpaired) electrons. The summed E-state index contributed by atoms with van der Waals surface area (Å²) in [7, 11) is 0. The van der Waals surface area contributed by atoms with Gasteiger partial charge < -0.3 is 10.4 Å². The molecule has 0 amide bonds. The molecule has 0 spiro atoms. The minimum absolute atomic E-state index is 0.247. The van der Waals surface area contributed by atoms with Gasteiger partial charge >= 0.3 is 0 Å². The van der Waals surface area contributed by atoms with Crippen molar-refractivity contribution in [1.82, 2.24) is 0 Å². The minimum Gasteiger partial charge on any atom is -0.387 e. The van der Waals surface area contributed by atoms with Gasteiger partial charge in [0.25, 0.3) is 0 Å². The zero-order valence-electron chi connectivity index (χ0n) is 12.1. The summed E-state index contributed by atoms with van der Waals surface area (Å²) in [6, 6.07) is 10.9. The van der Waals surface area contributed by atoms with Crippen molar-refractivity contribution in [2.45, 2.75) is 26.9 Å². The zero-order chi connectivity index (χ0) is 14.7. The third-order valence-electron chi connectivity index (χ3n) is 3.29. The van der Waals surface area contributed by atoms with Crippen LogP contribution >= 0.6 is 0 Å². The van der Waals surface area contributed by atoms with Crippen LogP contribution in [-0.4, -0.2) is 11.7 Å². The summed E-state index contributed by atoms with van der Waals surface area (Å²) >= 11 is 0. The molecule has 2 rings (SSSR count). The van der Waals surface area contributed by atoms with Gasteiger partial charge in [0, 0.05) is 12.2 Å². The molecule has 20 heavy (non-hydrogen) atoms. The molecule has 1 unspecified atom stereocenters. The number of nitrogens with one attached hydrogen (secondary N) is 1. The van der Waals surface area contributed by atoms with Crippen LogP contribution in [0, 0.1) is 26.6 Å². The first-order valence-corrected chi connectivity index (χ1v) is 6.72. The predicted octanol–water partition coefficient (Wildman–Crippen LogP) is 3.90. The molecule has 2 N–H and O–H groups in total. The molecule has 106 valence electrons. The predicted molar refractivity (Wildman–Crippen MR) is 80.5 cm³/mol. The zero-order valence-corrected chi connectivity index (χ0v) is 12.1. The van der Waals surface area contributed by atoms with E-state index in [1.54, 1.807) is 19.1 Å². The summed E-state index contributed by atoms with van der Waals surface area (Å²) in [5.41, 5.74) is 4.62. The first-order chi connectivity index (χ1) is 9.45. The second kappa shape index (κ2) is 6.06. The number of benzene rings is 2. The molecule has 2 aromatic carbocycles. The Morgan fingerprint density at radius 1 is 1.05 bits per heavy atom. The highest BCUT2D eigenvalue weighted by atomic mass is 19.1. The van der Waals surface area contributed by atoms with Crippen molar-refractivity contribution in [2.75, 3.05) is 11.9 Å². The highest BCUT2D eigenvalue weighted by Gasteiger charge is 2.09. The van der Waals surface area contributed by atoms with E-state index in [4.69, 9.17) is 0 Å². The third kappa shape index (κ3) is 3.58. The molecule has 0 heterocycles. The molecular weight excluding hydrogens is 253 g/mol. The van der Waals surface area contributed by atoms with E-state index in [2.05, 4.69) is 11.4 Å². The highest BCUT2D eigenvalue weighted by Crippen LogP contribution is 2.19. The number of hydrogen-bond acceptors (Lipinski definition) is 2. The van der Waals surface area contributed by atoms with Gasteiger partial charge in [0.1, 0.15) is 5.82 Å². The number of anilines is 1. The second-order valence-corrected chi connectivity index (χ2v) is 5.28. The Kier molecular flexibility index (Phi) is 4.40. The van der Waals surface area contributed by atoms with Crippen molar-refractivity contribution in [3.05, 3.63) is 64.5 Å². The molecule has 2 aromatic rings. The van der Waals surface area contributed by atoms with Gasteiger partial charge in [-0.2, -0.15) is 0 Å². The van der Waals surface area contributed by atoms with Gasteiger partial charge in [0.2, 0.25) is 0 Å². The summed E-state index contributed by atoms with van der Waals surface area (Å²) in [4.78, 5) is 0. The van der Waals surface area contributed by atoms with Crippen LogP contribution in [0.15, 0.2) is 36.4 Å². The van der Waals surface area contributed by atoms with E-state index in [0.29, 0.717) is 12.1 Å². The molecule has 0 bridgehead atoms. The number of hydrogen-bond donors (Lipinski definition) is 2. The maximum absolute atomic E-state index is 13.2. The Bertz CT molecular complexity index is 590. The molecule has 0 aliphatic carbocycles. The molecule has 0 saturated heterocycles. The second-order valence-electron chi connectivity index (χ2n) is 5.28. The molecular formula is C17H20FNO. The third-order valence-corrected chi connectivity index (χ3v) is 3.29. The molecule has 3 heteroatoms. The van der Waals surface area contributed by atoms with E-state index in [1.165, 1.54) is 17.2 Å². The molecule has 2 nitrogen and oxygen atoms in total. The van der Waals surface area contributed by atoms with Gasteiger partial charge in [0.15, 0.2) is 0 Å². The van der Waals surface area contributed by atoms with Crippen molar-refractivity contribution in [3.8, 4) is 0 Å². The van der Waals surface area contributed by atoms with Gasteiger partial charge in [-0.25, -0.2) is 4.39 Å². The molecule has 0 aliphatic heterocycles. The minimum atomic E-state index is -0.657. The van der Waals surface area contributed by atoms with Crippen LogP contribution < -0.4 is 5.32 Å². The fourth-order valence-corrected chi connectivity index (χ4v) is 2.28. The van der Waals surface area contributed by atoms with Gasteiger partial charge in [-0.15, -0.1) is 0 Å². The average molecular weight is 273 g/mol. The van der Waals surface area contributed by atoms with Crippen molar-refractivity contribution in [2.24, 2.45) is 0 Å². The van der Waals surface area contributed by atoms with Gasteiger partial charge in [0.05, 0.1) is 6.10 Å². The van der Waals surface area contributed by atoms with Gasteiger partial charge in [-0.3, -0.25) is 0 Å². The quantitative estimate of drug-likeness (QED) is 0.885. The van der Waals surface area contributed by atoms with Crippen LogP contribution in [0.25, 0.3) is 0 Å². The Morgan fingerprint density at radius 2 is 1.70 bits per heavy atom. The molecule has 0 aromatic heterocycles. The lowest BCUT2D eigenvalue weighted by molar-refractivity contribution is 0.191. The fraction of sp³-hybridized carbons (Fsp3) is 0.294. The van der Waals surface area contributed by atoms with Gasteiger partial charge in [-0.1, -0.05) is 18.2 Å². The average Bonchev–Trinajstić information content (AvgIpc) is 2.38. The number of aliphatic hydroxyl groups is 1. The van der Waals surface area contributed by atoms with Crippen LogP contribution in [0.5, 0.6) is 0 Å². The van der Waals surface area contributed by atoms with Crippen molar-refractivity contribution in [1.29, 1.82) is 0 Å². The van der Waals surface area contributed by atoms with E-state index in [0.717, 1.165) is 11.3 Å². The van der Waals surface area contributed by atoms with Gasteiger partial charge in [-0.05, 0) is 61.2 Å². The number of aliphatic hydroxyl groups excluding tert-OH is 1. The lowest BCUT2D eigenvalue weighted by atomic mass is 10.1. The first kappa shape index (κ1) is 14.5. The van der Waals surface area contributed by atoms with E-state index in [9.17, 15) is 9.50 Å². The lowest BCUT2D eigenvalue weighted by Gasteiger charge is -2.15. The van der Waals surface area contributed by atoms with E-state index < -0.39 is 6.10 Å². The SMILES string of the molecule is Cc1cc(C)cc(NCC(O)c2ccc(F)c(C)c2)c1. The van der Waals surface area contributed by atoms with E-state index in [-0.39, 0.29) is 5.82 Å². The largest absolute Gasteiger partial charge is 0.387 e. The highest BCUT2D eigenvalue weighted by molar-refractivity contribution is 5.48. The molecule has 0 aliphatic rings. The number of halogens is 1. The van der Waals surface area contributed by atoms with Crippen LogP contribution in [0.1, 0.15) is 28.4 Å². The van der Waals surface area contributed by atoms with Crippen LogP contribution in [0.3, 0.4) is 0 Å². The molecule has 0 fully saturated rings. The standard InChI is InChI=1S/C17H20FNO/c1-11-6-12(2)8-15(7-11)19-10-17(20)14-4-5-16(18)13(3)9-14/h4-9,17,19-20H,10H2,1-3H3. The molecule has 1 atom stereocenters. The normalized spacial score (nSPS) is 12.2. The van der Waals surface area contributed by atoms with Crippen LogP contribution in [-0.2, 0) is 0 Å². The fourth-order valence-electron chi connectivity index (χ4n) is 2.28. The Balaban J connectivity index is 2.04. The van der Waals surface area contributed by atoms with Crippen molar-refractivity contribution >= 4 is 5.69 Å². The maximum atomic E-state index is 13.2.